The zero-order valence-corrected chi connectivity index (χ0v) is 18.1. The Balaban J connectivity index is 2.27. The van der Waals surface area contributed by atoms with Gasteiger partial charge < -0.3 is 9.84 Å². The van der Waals surface area contributed by atoms with E-state index in [1.807, 2.05) is 6.07 Å². The quantitative estimate of drug-likeness (QED) is 0.551. The van der Waals surface area contributed by atoms with Gasteiger partial charge in [-0.05, 0) is 60.1 Å². The van der Waals surface area contributed by atoms with Crippen LogP contribution in [-0.2, 0) is 21.4 Å². The fourth-order valence-corrected chi connectivity index (χ4v) is 5.48. The molecule has 1 saturated carbocycles. The molecule has 4 nitrogen and oxygen atoms in total. The predicted molar refractivity (Wildman–Crippen MR) is 110 cm³/mol. The van der Waals surface area contributed by atoms with Gasteiger partial charge in [0.2, 0.25) is 0 Å². The van der Waals surface area contributed by atoms with Crippen molar-refractivity contribution in [2.45, 2.75) is 85.0 Å². The number of hydrogen-bond acceptors (Lipinski definition) is 3. The summed E-state index contributed by atoms with van der Waals surface area (Å²) < 4.78 is 5.86. The molecule has 3 rings (SSSR count). The van der Waals surface area contributed by atoms with E-state index < -0.39 is 11.4 Å². The van der Waals surface area contributed by atoms with Gasteiger partial charge in [0.25, 0.3) is 0 Å². The van der Waals surface area contributed by atoms with Gasteiger partial charge in [-0.2, -0.15) is 0 Å². The smallest absolute Gasteiger partial charge is 0.314 e. The van der Waals surface area contributed by atoms with Crippen LogP contribution in [0.3, 0.4) is 0 Å². The van der Waals surface area contributed by atoms with Crippen LogP contribution >= 0.6 is 0 Å². The van der Waals surface area contributed by atoms with Crippen molar-refractivity contribution in [3.05, 3.63) is 28.8 Å². The number of carbonyl (C=O) groups excluding carboxylic acids is 1. The maximum absolute atomic E-state index is 12.8. The molecule has 1 aromatic rings. The van der Waals surface area contributed by atoms with Crippen LogP contribution in [0, 0.1) is 17.3 Å². The largest absolute Gasteiger partial charge is 0.481 e. The van der Waals surface area contributed by atoms with Crippen LogP contribution in [0.25, 0.3) is 0 Å². The molecule has 2 unspecified atom stereocenters. The fourth-order valence-electron chi connectivity index (χ4n) is 5.48. The molecular weight excluding hydrogens is 352 g/mol. The molecule has 0 bridgehead atoms. The summed E-state index contributed by atoms with van der Waals surface area (Å²) in [4.78, 5) is 25.3. The summed E-state index contributed by atoms with van der Waals surface area (Å²) in [5.74, 6) is -0.541. The van der Waals surface area contributed by atoms with E-state index in [-0.39, 0.29) is 29.1 Å². The molecule has 2 aliphatic carbocycles. The van der Waals surface area contributed by atoms with Crippen LogP contribution in [0.5, 0.6) is 5.75 Å². The van der Waals surface area contributed by atoms with Gasteiger partial charge in [0.1, 0.15) is 5.75 Å². The fraction of sp³-hybridized carbons (Fsp3) is 0.667. The van der Waals surface area contributed by atoms with E-state index >= 15 is 0 Å². The van der Waals surface area contributed by atoms with E-state index in [0.29, 0.717) is 12.2 Å². The second-order valence-electron chi connectivity index (χ2n) is 9.99. The molecule has 0 aliphatic heterocycles. The first kappa shape index (κ1) is 20.9. The highest BCUT2D eigenvalue weighted by atomic mass is 16.5. The number of hydrogen-bond donors (Lipinski definition) is 1. The number of aliphatic carboxylic acids is 1. The monoisotopic (exact) mass is 386 g/mol. The zero-order valence-electron chi connectivity index (χ0n) is 18.1. The van der Waals surface area contributed by atoms with Gasteiger partial charge in [0.15, 0.2) is 0 Å². The molecule has 1 fully saturated rings. The zero-order chi connectivity index (χ0) is 20.9. The lowest BCUT2D eigenvalue weighted by Crippen LogP contribution is -2.54. The first-order valence-electron chi connectivity index (χ1n) is 10.6. The lowest BCUT2D eigenvalue weighted by Gasteiger charge is -2.53. The average molecular weight is 387 g/mol. The molecule has 154 valence electrons. The van der Waals surface area contributed by atoms with Gasteiger partial charge >= 0.3 is 11.9 Å². The van der Waals surface area contributed by atoms with Gasteiger partial charge in [-0.15, -0.1) is 0 Å². The van der Waals surface area contributed by atoms with Crippen LogP contribution < -0.4 is 4.74 Å². The first-order valence-corrected chi connectivity index (χ1v) is 10.6. The Bertz CT molecular complexity index is 790. The third-order valence-corrected chi connectivity index (χ3v) is 7.02. The minimum absolute atomic E-state index is 0.0418. The van der Waals surface area contributed by atoms with E-state index in [4.69, 9.17) is 4.74 Å². The molecule has 0 saturated heterocycles. The Morgan fingerprint density at radius 1 is 1.14 bits per heavy atom. The number of aryl methyl sites for hydroxylation is 1. The van der Waals surface area contributed by atoms with Crippen LogP contribution in [0.1, 0.15) is 89.8 Å². The number of carboxylic acid groups (broad SMARTS) is 1. The first-order chi connectivity index (χ1) is 13.0. The van der Waals surface area contributed by atoms with Gasteiger partial charge in [-0.1, -0.05) is 54.0 Å². The highest BCUT2D eigenvalue weighted by molar-refractivity contribution is 5.86. The van der Waals surface area contributed by atoms with E-state index in [1.165, 1.54) is 0 Å². The van der Waals surface area contributed by atoms with Gasteiger partial charge in [0.05, 0.1) is 11.3 Å². The highest BCUT2D eigenvalue weighted by Crippen LogP contribution is 2.59. The van der Waals surface area contributed by atoms with Gasteiger partial charge in [-0.3, -0.25) is 9.59 Å². The Hall–Kier alpha value is -1.84. The summed E-state index contributed by atoms with van der Waals surface area (Å²) in [7, 11) is 0. The van der Waals surface area contributed by atoms with E-state index in [1.54, 1.807) is 13.8 Å². The van der Waals surface area contributed by atoms with Crippen LogP contribution in [0.15, 0.2) is 12.1 Å². The molecule has 28 heavy (non-hydrogen) atoms. The molecule has 0 radical (unpaired) electrons. The highest BCUT2D eigenvalue weighted by Gasteiger charge is 2.58. The van der Waals surface area contributed by atoms with Crippen molar-refractivity contribution < 1.29 is 19.4 Å². The summed E-state index contributed by atoms with van der Waals surface area (Å²) in [5.41, 5.74) is 1.89. The van der Waals surface area contributed by atoms with Crippen LogP contribution in [0.4, 0.5) is 0 Å². The van der Waals surface area contributed by atoms with Crippen molar-refractivity contribution in [3.63, 3.8) is 0 Å². The summed E-state index contributed by atoms with van der Waals surface area (Å²) in [6, 6.07) is 4.06. The molecule has 2 aliphatic rings. The summed E-state index contributed by atoms with van der Waals surface area (Å²) in [6.45, 7) is 12.2. The molecule has 0 spiro atoms. The third kappa shape index (κ3) is 3.25. The SMILES string of the molecule is CC(C)C(=O)Oc1cc(C(C)C)cc2c1C1(C(=O)O)CCCC(C)(C)C1CC2. The van der Waals surface area contributed by atoms with Gasteiger partial charge in [-0.25, -0.2) is 0 Å². The van der Waals surface area contributed by atoms with Crippen molar-refractivity contribution in [2.75, 3.05) is 0 Å². The number of esters is 1. The molecule has 2 atom stereocenters. The van der Waals surface area contributed by atoms with Crippen molar-refractivity contribution in [1.29, 1.82) is 0 Å². The Kier molecular flexibility index (Phi) is 5.37. The van der Waals surface area contributed by atoms with Crippen molar-refractivity contribution in [2.24, 2.45) is 17.3 Å². The standard InChI is InChI=1S/C24H34O4/c1-14(2)17-12-16-8-9-19-23(5,6)10-7-11-24(19,22(26)27)20(16)18(13-17)28-21(25)15(3)4/h12-15,19H,7-11H2,1-6H3,(H,26,27). The molecule has 1 N–H and O–H groups in total. The summed E-state index contributed by atoms with van der Waals surface area (Å²) in [5, 5.41) is 10.5. The van der Waals surface area contributed by atoms with Crippen molar-refractivity contribution in [3.8, 4) is 5.75 Å². The van der Waals surface area contributed by atoms with Crippen LogP contribution in [-0.4, -0.2) is 17.0 Å². The number of ether oxygens (including phenoxy) is 1. The lowest BCUT2D eigenvalue weighted by atomic mass is 9.49. The van der Waals surface area contributed by atoms with Crippen LogP contribution in [0.2, 0.25) is 0 Å². The number of fused-ring (bicyclic) bond motifs is 3. The Morgan fingerprint density at radius 2 is 1.82 bits per heavy atom. The van der Waals surface area contributed by atoms with Crippen molar-refractivity contribution in [1.82, 2.24) is 0 Å². The van der Waals surface area contributed by atoms with E-state index in [0.717, 1.165) is 42.4 Å². The number of carbonyl (C=O) groups is 2. The summed E-state index contributed by atoms with van der Waals surface area (Å²) >= 11 is 0. The second-order valence-corrected chi connectivity index (χ2v) is 9.99. The summed E-state index contributed by atoms with van der Waals surface area (Å²) in [6.07, 6.45) is 4.22. The van der Waals surface area contributed by atoms with Crippen molar-refractivity contribution >= 4 is 11.9 Å². The minimum atomic E-state index is -0.975. The number of carboxylic acids is 1. The minimum Gasteiger partial charge on any atom is -0.481 e. The van der Waals surface area contributed by atoms with E-state index in [2.05, 4.69) is 33.8 Å². The maximum Gasteiger partial charge on any atom is 0.314 e. The molecule has 1 aromatic carbocycles. The Labute approximate surface area is 168 Å². The second kappa shape index (κ2) is 7.20. The maximum atomic E-state index is 12.8. The van der Waals surface area contributed by atoms with E-state index in [9.17, 15) is 14.7 Å². The topological polar surface area (TPSA) is 63.6 Å². The number of benzene rings is 1. The normalized spacial score (nSPS) is 25.9. The Morgan fingerprint density at radius 3 is 2.39 bits per heavy atom. The molecule has 0 amide bonds. The lowest BCUT2D eigenvalue weighted by molar-refractivity contribution is -0.153. The molecule has 0 heterocycles. The molecule has 4 heteroatoms. The number of rotatable bonds is 4. The predicted octanol–water partition coefficient (Wildman–Crippen LogP) is 5.47. The van der Waals surface area contributed by atoms with Gasteiger partial charge in [0, 0.05) is 5.56 Å². The average Bonchev–Trinajstić information content (AvgIpc) is 2.60. The molecular formula is C24H34O4. The third-order valence-electron chi connectivity index (χ3n) is 7.02. The molecule has 0 aromatic heterocycles.